The number of nitrogens with zero attached hydrogens (tertiary/aromatic N) is 1. The van der Waals surface area contributed by atoms with Crippen LogP contribution in [0.15, 0.2) is 42.7 Å². The molecule has 2 rings (SSSR count). The summed E-state index contributed by atoms with van der Waals surface area (Å²) in [5, 5.41) is 0. The summed E-state index contributed by atoms with van der Waals surface area (Å²) in [6.45, 7) is 0. The minimum atomic E-state index is -0.501. The quantitative estimate of drug-likeness (QED) is 0.848. The molecule has 17 heavy (non-hydrogen) atoms. The number of nitrogens with two attached hydrogens (primary N) is 1. The Hall–Kier alpha value is -2.01. The van der Waals surface area contributed by atoms with Crippen molar-refractivity contribution in [2.45, 2.75) is 0 Å². The van der Waals surface area contributed by atoms with Crippen molar-refractivity contribution in [1.82, 2.24) is 4.98 Å². The van der Waals surface area contributed by atoms with Gasteiger partial charge in [0, 0.05) is 6.20 Å². The summed E-state index contributed by atoms with van der Waals surface area (Å²) in [6, 6.07) is 7.84. The molecule has 0 spiro atoms. The van der Waals surface area contributed by atoms with Crippen LogP contribution in [-0.4, -0.2) is 9.97 Å². The predicted octanol–water partition coefficient (Wildman–Crippen LogP) is 2.65. The first-order valence-corrected chi connectivity index (χ1v) is 5.25. The lowest BCUT2D eigenvalue weighted by molar-refractivity contribution is 0.473. The minimum Gasteiger partial charge on any atom is -0.455 e. The van der Waals surface area contributed by atoms with E-state index < -0.39 is 5.82 Å². The number of pyridine rings is 1. The Balaban J connectivity index is 2.40. The number of hydrogen-bond donors (Lipinski definition) is 1. The molecule has 86 valence electrons. The number of ether oxygens (including phenoxy) is 1. The second-order valence-electron chi connectivity index (χ2n) is 3.27. The summed E-state index contributed by atoms with van der Waals surface area (Å²) in [5.41, 5.74) is 5.57. The maximum Gasteiger partial charge on any atom is 0.145 e. The molecule has 1 aromatic carbocycles. The molecule has 0 aliphatic rings. The van der Waals surface area contributed by atoms with E-state index in [1.165, 1.54) is 18.3 Å². The van der Waals surface area contributed by atoms with E-state index in [-0.39, 0.29) is 16.3 Å². The Morgan fingerprint density at radius 2 is 2.12 bits per heavy atom. The third-order valence-corrected chi connectivity index (χ3v) is 2.29. The number of halogens is 1. The topological polar surface area (TPSA) is 48.1 Å². The van der Waals surface area contributed by atoms with Crippen LogP contribution in [0.5, 0.6) is 11.5 Å². The van der Waals surface area contributed by atoms with Gasteiger partial charge in [0.05, 0.1) is 11.8 Å². The van der Waals surface area contributed by atoms with E-state index in [4.69, 9.17) is 22.7 Å². The van der Waals surface area contributed by atoms with E-state index in [9.17, 15) is 4.39 Å². The molecule has 0 aliphatic carbocycles. The summed E-state index contributed by atoms with van der Waals surface area (Å²) in [6.07, 6.45) is 3.14. The standard InChI is InChI=1S/C12H9FN2OS/c13-9-4-1-5-10(11(9)12(14)17)16-8-3-2-6-15-7-8/h1-7H,(H2,14,17). The highest BCUT2D eigenvalue weighted by molar-refractivity contribution is 7.80. The van der Waals surface area contributed by atoms with Crippen LogP contribution in [0.4, 0.5) is 4.39 Å². The van der Waals surface area contributed by atoms with Gasteiger partial charge in [0.15, 0.2) is 0 Å². The van der Waals surface area contributed by atoms with Gasteiger partial charge in [-0.15, -0.1) is 0 Å². The van der Waals surface area contributed by atoms with Gasteiger partial charge in [0.1, 0.15) is 22.3 Å². The Morgan fingerprint density at radius 1 is 1.29 bits per heavy atom. The lowest BCUT2D eigenvalue weighted by atomic mass is 10.2. The van der Waals surface area contributed by atoms with Crippen molar-refractivity contribution in [3.8, 4) is 11.5 Å². The van der Waals surface area contributed by atoms with Gasteiger partial charge in [-0.1, -0.05) is 18.3 Å². The van der Waals surface area contributed by atoms with Gasteiger partial charge in [-0.25, -0.2) is 4.39 Å². The highest BCUT2D eigenvalue weighted by atomic mass is 32.1. The number of aromatic nitrogens is 1. The molecule has 3 nitrogen and oxygen atoms in total. The Labute approximate surface area is 103 Å². The van der Waals surface area contributed by atoms with Crippen molar-refractivity contribution in [3.63, 3.8) is 0 Å². The van der Waals surface area contributed by atoms with Gasteiger partial charge in [-0.2, -0.15) is 0 Å². The van der Waals surface area contributed by atoms with Crippen molar-refractivity contribution >= 4 is 17.2 Å². The molecule has 2 aromatic rings. The number of benzene rings is 1. The molecule has 1 aromatic heterocycles. The fourth-order valence-electron chi connectivity index (χ4n) is 1.36. The van der Waals surface area contributed by atoms with E-state index in [0.29, 0.717) is 5.75 Å². The van der Waals surface area contributed by atoms with Gasteiger partial charge in [-0.05, 0) is 24.3 Å². The smallest absolute Gasteiger partial charge is 0.145 e. The lowest BCUT2D eigenvalue weighted by Gasteiger charge is -2.10. The Bertz CT molecular complexity index is 545. The largest absolute Gasteiger partial charge is 0.455 e. The number of thiocarbonyl (C=S) groups is 1. The van der Waals surface area contributed by atoms with Crippen molar-refractivity contribution < 1.29 is 9.13 Å². The second kappa shape index (κ2) is 4.88. The normalized spacial score (nSPS) is 9.94. The fraction of sp³-hybridized carbons (Fsp3) is 0. The molecule has 5 heteroatoms. The van der Waals surface area contributed by atoms with Crippen molar-refractivity contribution in [3.05, 3.63) is 54.1 Å². The fourth-order valence-corrected chi connectivity index (χ4v) is 1.56. The van der Waals surface area contributed by atoms with Gasteiger partial charge in [0.25, 0.3) is 0 Å². The van der Waals surface area contributed by atoms with Gasteiger partial charge >= 0.3 is 0 Å². The maximum absolute atomic E-state index is 13.5. The van der Waals surface area contributed by atoms with E-state index >= 15 is 0 Å². The van der Waals surface area contributed by atoms with Crippen LogP contribution >= 0.6 is 12.2 Å². The van der Waals surface area contributed by atoms with Crippen LogP contribution < -0.4 is 10.5 Å². The monoisotopic (exact) mass is 248 g/mol. The summed E-state index contributed by atoms with van der Waals surface area (Å²) >= 11 is 4.80. The summed E-state index contributed by atoms with van der Waals surface area (Å²) in [4.78, 5) is 3.86. The molecular formula is C12H9FN2OS. The average molecular weight is 248 g/mol. The molecule has 0 amide bonds. The highest BCUT2D eigenvalue weighted by Gasteiger charge is 2.12. The first-order chi connectivity index (χ1) is 8.18. The molecule has 2 N–H and O–H groups in total. The number of rotatable bonds is 3. The first kappa shape index (κ1) is 11.5. The third kappa shape index (κ3) is 2.57. The van der Waals surface area contributed by atoms with Crippen molar-refractivity contribution in [2.75, 3.05) is 0 Å². The molecule has 0 bridgehead atoms. The second-order valence-corrected chi connectivity index (χ2v) is 3.71. The third-order valence-electron chi connectivity index (χ3n) is 2.08. The van der Waals surface area contributed by atoms with Crippen LogP contribution in [0.1, 0.15) is 5.56 Å². The van der Waals surface area contributed by atoms with Gasteiger partial charge in [-0.3, -0.25) is 4.98 Å². The zero-order valence-corrected chi connectivity index (χ0v) is 9.58. The van der Waals surface area contributed by atoms with E-state index in [1.54, 1.807) is 24.4 Å². The Kier molecular flexibility index (Phi) is 3.30. The highest BCUT2D eigenvalue weighted by Crippen LogP contribution is 2.26. The van der Waals surface area contributed by atoms with Crippen LogP contribution in [-0.2, 0) is 0 Å². The van der Waals surface area contributed by atoms with Crippen molar-refractivity contribution in [1.29, 1.82) is 0 Å². The minimum absolute atomic E-state index is 0.0398. The first-order valence-electron chi connectivity index (χ1n) is 4.84. The molecular weight excluding hydrogens is 239 g/mol. The van der Waals surface area contributed by atoms with Crippen LogP contribution in [0.3, 0.4) is 0 Å². The zero-order valence-electron chi connectivity index (χ0n) is 8.76. The molecule has 0 saturated heterocycles. The van der Waals surface area contributed by atoms with Crippen LogP contribution in [0.2, 0.25) is 0 Å². The molecule has 0 unspecified atom stereocenters. The Morgan fingerprint density at radius 3 is 2.76 bits per heavy atom. The summed E-state index contributed by atoms with van der Waals surface area (Å²) in [5.74, 6) is 0.278. The average Bonchev–Trinajstić information content (AvgIpc) is 2.30. The maximum atomic E-state index is 13.5. The molecule has 0 saturated carbocycles. The molecule has 1 heterocycles. The lowest BCUT2D eigenvalue weighted by Crippen LogP contribution is -2.13. The molecule has 0 fully saturated rings. The molecule has 0 radical (unpaired) electrons. The predicted molar refractivity (Wildman–Crippen MR) is 66.6 cm³/mol. The molecule has 0 atom stereocenters. The van der Waals surface area contributed by atoms with Crippen molar-refractivity contribution in [2.24, 2.45) is 5.73 Å². The summed E-state index contributed by atoms with van der Waals surface area (Å²) in [7, 11) is 0. The van der Waals surface area contributed by atoms with Gasteiger partial charge in [0.2, 0.25) is 0 Å². The number of hydrogen-bond acceptors (Lipinski definition) is 3. The van der Waals surface area contributed by atoms with E-state index in [2.05, 4.69) is 4.98 Å². The zero-order chi connectivity index (χ0) is 12.3. The van der Waals surface area contributed by atoms with E-state index in [1.807, 2.05) is 0 Å². The summed E-state index contributed by atoms with van der Waals surface area (Å²) < 4.78 is 19.0. The SMILES string of the molecule is NC(=S)c1c(F)cccc1Oc1cccnc1. The van der Waals surface area contributed by atoms with E-state index in [0.717, 1.165) is 0 Å². The molecule has 0 aliphatic heterocycles. The van der Waals surface area contributed by atoms with Crippen LogP contribution in [0.25, 0.3) is 0 Å². The van der Waals surface area contributed by atoms with Crippen LogP contribution in [0, 0.1) is 5.82 Å². The van der Waals surface area contributed by atoms with Gasteiger partial charge < -0.3 is 10.5 Å².